The fourth-order valence-electron chi connectivity index (χ4n) is 13.9. The maximum atomic E-state index is 5.52. The van der Waals surface area contributed by atoms with Crippen LogP contribution in [0, 0.1) is 0 Å². The van der Waals surface area contributed by atoms with Gasteiger partial charge in [-0.3, -0.25) is 0 Å². The normalized spacial score (nSPS) is 12.8. The summed E-state index contributed by atoms with van der Waals surface area (Å²) < 4.78 is 0. The van der Waals surface area contributed by atoms with E-state index in [1.54, 1.807) is 0 Å². The second-order valence-corrected chi connectivity index (χ2v) is 25.1. The van der Waals surface area contributed by atoms with Crippen LogP contribution in [-0.4, -0.2) is 23.0 Å². The summed E-state index contributed by atoms with van der Waals surface area (Å²) in [6, 6.07) is 109. The third-order valence-corrected chi connectivity index (χ3v) is 22.1. The number of nitrogens with zero attached hydrogens (tertiary/aromatic N) is 3. The van der Waals surface area contributed by atoms with Crippen LogP contribution in [0.25, 0.3) is 99.9 Å². The predicted molar refractivity (Wildman–Crippen MR) is 334 cm³/mol. The summed E-state index contributed by atoms with van der Waals surface area (Å²) in [7, 11) is -2.68. The molecule has 0 fully saturated rings. The number of fused-ring (bicyclic) bond motifs is 16. The SMILES string of the molecule is c1ccc(-c2nc(-c3ccc4c5ccccc5c5cc(-c6ccc([Si](c7ccccc7)(c7ccccc7)c7ccccc7)cc6)ccc5c4c3)nc(-c3cccc4c3-c3ccccc3C43c4ccccc4-c4ccccc43)n2)cc1. The molecule has 1 spiro atoms. The maximum Gasteiger partial charge on any atom is 0.179 e. The molecular weight excluding hydrogens is 983 g/mol. The van der Waals surface area contributed by atoms with E-state index in [1.165, 1.54) is 97.7 Å². The highest BCUT2D eigenvalue weighted by atomic mass is 28.3. The molecule has 2 aliphatic carbocycles. The molecule has 14 aromatic rings. The second kappa shape index (κ2) is 18.2. The molecule has 2 aliphatic rings. The molecule has 1 heterocycles. The Hall–Kier alpha value is -10.1. The van der Waals surface area contributed by atoms with Crippen molar-refractivity contribution in [2.24, 2.45) is 0 Å². The van der Waals surface area contributed by atoms with Crippen LogP contribution in [0.15, 0.2) is 297 Å². The van der Waals surface area contributed by atoms with Crippen LogP contribution < -0.4 is 20.7 Å². The van der Waals surface area contributed by atoms with Crippen LogP contribution in [0.3, 0.4) is 0 Å². The standard InChI is InChI=1S/C76H49N3Si/c1-5-22-51(23-6-1)73-77-74(79-75(78-73)65-35-21-39-71-72(65)64-34-17-20-38-70(64)76(71)68-36-18-15-32-62(68)63-33-16-19-37-69(63)76)53-43-47-60-58-30-13-14-31-59(58)66-48-52(42-46-61(66)67(60)49-53)50-40-44-57(45-41-50)80(54-24-7-2-8-25-54,55-26-9-3-10-27-55)56-28-11-4-12-29-56/h1-49H. The highest BCUT2D eigenvalue weighted by molar-refractivity contribution is 7.19. The molecule has 372 valence electrons. The molecule has 0 bridgehead atoms. The average Bonchev–Trinajstić information content (AvgIpc) is 4.13. The van der Waals surface area contributed by atoms with Gasteiger partial charge in [0.2, 0.25) is 0 Å². The molecule has 4 heteroatoms. The van der Waals surface area contributed by atoms with Gasteiger partial charge in [0.1, 0.15) is 0 Å². The molecule has 1 aromatic heterocycles. The lowest BCUT2D eigenvalue weighted by Crippen LogP contribution is -2.74. The number of aromatic nitrogens is 3. The van der Waals surface area contributed by atoms with Gasteiger partial charge in [-0.15, -0.1) is 0 Å². The molecule has 0 N–H and O–H groups in total. The van der Waals surface area contributed by atoms with Gasteiger partial charge in [0.05, 0.1) is 5.41 Å². The van der Waals surface area contributed by atoms with E-state index in [0.717, 1.165) is 27.6 Å². The maximum absolute atomic E-state index is 5.52. The highest BCUT2D eigenvalue weighted by Gasteiger charge is 2.52. The lowest BCUT2D eigenvalue weighted by Gasteiger charge is -2.34. The Kier molecular flexibility index (Phi) is 10.5. The van der Waals surface area contributed by atoms with Gasteiger partial charge in [-0.1, -0.05) is 285 Å². The van der Waals surface area contributed by atoms with Crippen molar-refractivity contribution < 1.29 is 0 Å². The molecule has 13 aromatic carbocycles. The quantitative estimate of drug-likeness (QED) is 0.0865. The lowest BCUT2D eigenvalue weighted by molar-refractivity contribution is 0.794. The molecule has 0 atom stereocenters. The van der Waals surface area contributed by atoms with E-state index < -0.39 is 13.5 Å². The van der Waals surface area contributed by atoms with E-state index in [0.29, 0.717) is 17.5 Å². The van der Waals surface area contributed by atoms with Gasteiger partial charge < -0.3 is 0 Å². The fraction of sp³-hybridized carbons (Fsp3) is 0.0132. The third-order valence-electron chi connectivity index (χ3n) is 17.3. The van der Waals surface area contributed by atoms with E-state index in [-0.39, 0.29) is 0 Å². The van der Waals surface area contributed by atoms with Crippen molar-refractivity contribution in [2.75, 3.05) is 0 Å². The van der Waals surface area contributed by atoms with Gasteiger partial charge in [0.15, 0.2) is 25.5 Å². The van der Waals surface area contributed by atoms with Crippen molar-refractivity contribution in [1.82, 2.24) is 15.0 Å². The van der Waals surface area contributed by atoms with Gasteiger partial charge in [0, 0.05) is 16.7 Å². The Bertz CT molecular complexity index is 4610. The highest BCUT2D eigenvalue weighted by Crippen LogP contribution is 2.64. The van der Waals surface area contributed by atoms with Crippen molar-refractivity contribution in [1.29, 1.82) is 0 Å². The largest absolute Gasteiger partial charge is 0.208 e. The Morgan fingerprint density at radius 3 is 1.19 bits per heavy atom. The average molecular weight is 1030 g/mol. The van der Waals surface area contributed by atoms with Crippen molar-refractivity contribution in [3.8, 4) is 67.5 Å². The van der Waals surface area contributed by atoms with Crippen LogP contribution in [0.4, 0.5) is 0 Å². The Morgan fingerprint density at radius 2 is 0.600 bits per heavy atom. The molecule has 0 radical (unpaired) electrons. The molecule has 80 heavy (non-hydrogen) atoms. The van der Waals surface area contributed by atoms with E-state index in [9.17, 15) is 0 Å². The molecule has 0 saturated carbocycles. The molecule has 0 aliphatic heterocycles. The minimum absolute atomic E-state index is 0.487. The summed E-state index contributed by atoms with van der Waals surface area (Å²) in [6.45, 7) is 0. The fourth-order valence-corrected chi connectivity index (χ4v) is 18.7. The first-order valence-electron chi connectivity index (χ1n) is 27.6. The first-order valence-corrected chi connectivity index (χ1v) is 29.6. The van der Waals surface area contributed by atoms with Gasteiger partial charge in [-0.05, 0) is 121 Å². The van der Waals surface area contributed by atoms with Crippen molar-refractivity contribution in [2.45, 2.75) is 5.41 Å². The lowest BCUT2D eigenvalue weighted by atomic mass is 9.70. The van der Waals surface area contributed by atoms with Gasteiger partial charge >= 0.3 is 0 Å². The van der Waals surface area contributed by atoms with E-state index >= 15 is 0 Å². The number of rotatable bonds is 8. The Morgan fingerprint density at radius 1 is 0.225 bits per heavy atom. The minimum atomic E-state index is -2.68. The molecule has 0 amide bonds. The molecule has 0 unspecified atom stereocenters. The number of hydrogen-bond donors (Lipinski definition) is 0. The summed E-state index contributed by atoms with van der Waals surface area (Å²) in [5, 5.41) is 12.6. The summed E-state index contributed by atoms with van der Waals surface area (Å²) in [6.07, 6.45) is 0. The second-order valence-electron chi connectivity index (χ2n) is 21.3. The summed E-state index contributed by atoms with van der Waals surface area (Å²) in [4.78, 5) is 16.2. The van der Waals surface area contributed by atoms with Crippen LogP contribution in [0.2, 0.25) is 0 Å². The zero-order chi connectivity index (χ0) is 52.8. The number of hydrogen-bond acceptors (Lipinski definition) is 3. The van der Waals surface area contributed by atoms with Gasteiger partial charge in [0.25, 0.3) is 0 Å². The molecule has 3 nitrogen and oxygen atoms in total. The first kappa shape index (κ1) is 46.0. The Balaban J connectivity index is 0.855. The smallest absolute Gasteiger partial charge is 0.179 e. The van der Waals surface area contributed by atoms with Gasteiger partial charge in [-0.25, -0.2) is 15.0 Å². The summed E-state index contributed by atoms with van der Waals surface area (Å²) in [5.41, 5.74) is 14.8. The predicted octanol–water partition coefficient (Wildman–Crippen LogP) is 15.7. The van der Waals surface area contributed by atoms with Crippen LogP contribution >= 0.6 is 0 Å². The zero-order valence-electron chi connectivity index (χ0n) is 43.6. The summed E-state index contributed by atoms with van der Waals surface area (Å²) >= 11 is 0. The van der Waals surface area contributed by atoms with Crippen LogP contribution in [0.5, 0.6) is 0 Å². The summed E-state index contributed by atoms with van der Waals surface area (Å²) in [5.74, 6) is 1.91. The monoisotopic (exact) mass is 1030 g/mol. The molecular formula is C76H49N3Si. The minimum Gasteiger partial charge on any atom is -0.208 e. The first-order chi connectivity index (χ1) is 39.7. The topological polar surface area (TPSA) is 38.7 Å². The van der Waals surface area contributed by atoms with Crippen LogP contribution in [0.1, 0.15) is 22.3 Å². The molecule has 0 saturated heterocycles. The Labute approximate surface area is 465 Å². The van der Waals surface area contributed by atoms with Gasteiger partial charge in [-0.2, -0.15) is 0 Å². The van der Waals surface area contributed by atoms with E-state index in [2.05, 4.69) is 291 Å². The molecule has 16 rings (SSSR count). The van der Waals surface area contributed by atoms with Crippen molar-refractivity contribution >= 4 is 61.1 Å². The van der Waals surface area contributed by atoms with Crippen molar-refractivity contribution in [3.63, 3.8) is 0 Å². The van der Waals surface area contributed by atoms with E-state index in [1.807, 2.05) is 6.07 Å². The zero-order valence-corrected chi connectivity index (χ0v) is 44.6. The van der Waals surface area contributed by atoms with Crippen molar-refractivity contribution in [3.05, 3.63) is 320 Å². The van der Waals surface area contributed by atoms with E-state index in [4.69, 9.17) is 15.0 Å². The van der Waals surface area contributed by atoms with Crippen LogP contribution in [-0.2, 0) is 5.41 Å². The third kappa shape index (κ3) is 6.76. The number of benzene rings is 13.